The van der Waals surface area contributed by atoms with E-state index in [0.29, 0.717) is 6.92 Å². The van der Waals surface area contributed by atoms with E-state index in [-0.39, 0.29) is 0 Å². The Hall–Kier alpha value is -0.915. The topological polar surface area (TPSA) is 9.23 Å². The Kier molecular flexibility index (Phi) is 6.93. The zero-order valence-electron chi connectivity index (χ0n) is 12.4. The largest absolute Gasteiger partial charge is 0.561 e. The summed E-state index contributed by atoms with van der Waals surface area (Å²) in [6, 6.07) is 10.2. The van der Waals surface area contributed by atoms with Crippen LogP contribution in [0.4, 0.5) is 0 Å². The van der Waals surface area contributed by atoms with Crippen LogP contribution in [-0.2, 0) is 0 Å². The fraction of sp³-hybridized carbons (Fsp3) is 0.625. The van der Waals surface area contributed by atoms with E-state index in [1.54, 1.807) is 0 Å². The molecule has 0 aliphatic rings. The highest BCUT2D eigenvalue weighted by molar-refractivity contribution is 6.52. The monoisotopic (exact) mass is 246 g/mol. The minimum absolute atomic E-state index is 0.372. The molecular formula is C16H27BO. The number of para-hydroxylation sites is 1. The second kappa shape index (κ2) is 8.23. The molecule has 0 heterocycles. The maximum atomic E-state index is 6.12. The Labute approximate surface area is 113 Å². The summed E-state index contributed by atoms with van der Waals surface area (Å²) in [7, 11) is 0. The van der Waals surface area contributed by atoms with Gasteiger partial charge in [0.1, 0.15) is 0 Å². The van der Waals surface area contributed by atoms with Gasteiger partial charge in [0.25, 0.3) is 0 Å². The zero-order chi connectivity index (χ0) is 13.4. The van der Waals surface area contributed by atoms with E-state index in [4.69, 9.17) is 4.65 Å². The van der Waals surface area contributed by atoms with Crippen LogP contribution < -0.4 is 4.65 Å². The maximum absolute atomic E-state index is 6.12. The van der Waals surface area contributed by atoms with Gasteiger partial charge in [-0.2, -0.15) is 0 Å². The van der Waals surface area contributed by atoms with Crippen LogP contribution in [0.25, 0.3) is 0 Å². The molecule has 2 heteroatoms. The number of hydrogen-bond acceptors (Lipinski definition) is 1. The second-order valence-corrected chi connectivity index (χ2v) is 6.00. The highest BCUT2D eigenvalue weighted by Gasteiger charge is 2.18. The van der Waals surface area contributed by atoms with Gasteiger partial charge >= 0.3 is 6.92 Å². The molecule has 1 nitrogen and oxygen atoms in total. The minimum Gasteiger partial charge on any atom is -0.561 e. The molecule has 0 radical (unpaired) electrons. The first-order chi connectivity index (χ1) is 8.58. The van der Waals surface area contributed by atoms with Gasteiger partial charge in [0, 0.05) is 0 Å². The molecule has 0 bridgehead atoms. The summed E-state index contributed by atoms with van der Waals surface area (Å²) in [6.45, 7) is 9.49. The summed E-state index contributed by atoms with van der Waals surface area (Å²) in [5.41, 5.74) is 0. The number of rotatable bonds is 8. The van der Waals surface area contributed by atoms with Gasteiger partial charge in [0.05, 0.1) is 5.75 Å². The van der Waals surface area contributed by atoms with Gasteiger partial charge < -0.3 is 4.65 Å². The Morgan fingerprint density at radius 1 is 0.889 bits per heavy atom. The van der Waals surface area contributed by atoms with Crippen molar-refractivity contribution in [2.24, 2.45) is 11.8 Å². The molecule has 0 N–H and O–H groups in total. The molecule has 0 aromatic heterocycles. The summed E-state index contributed by atoms with van der Waals surface area (Å²) >= 11 is 0. The van der Waals surface area contributed by atoms with Crippen molar-refractivity contribution in [3.05, 3.63) is 30.3 Å². The van der Waals surface area contributed by atoms with Gasteiger partial charge in [-0.25, -0.2) is 0 Å². The molecule has 0 aliphatic heterocycles. The Bertz CT molecular complexity index is 296. The molecule has 0 unspecified atom stereocenters. The minimum atomic E-state index is 0.372. The maximum Gasteiger partial charge on any atom is 0.357 e. The van der Waals surface area contributed by atoms with Crippen molar-refractivity contribution in [3.63, 3.8) is 0 Å². The Morgan fingerprint density at radius 2 is 1.39 bits per heavy atom. The third-order valence-electron chi connectivity index (χ3n) is 3.18. The van der Waals surface area contributed by atoms with Crippen LogP contribution in [0.3, 0.4) is 0 Å². The quantitative estimate of drug-likeness (QED) is 0.576. The van der Waals surface area contributed by atoms with E-state index in [1.807, 2.05) is 18.2 Å². The lowest BCUT2D eigenvalue weighted by Gasteiger charge is -2.17. The van der Waals surface area contributed by atoms with Crippen LogP contribution in [0.15, 0.2) is 30.3 Å². The predicted molar refractivity (Wildman–Crippen MR) is 81.3 cm³/mol. The van der Waals surface area contributed by atoms with Crippen LogP contribution in [0.1, 0.15) is 40.5 Å². The van der Waals surface area contributed by atoms with E-state index in [1.165, 1.54) is 25.5 Å². The first-order valence-corrected chi connectivity index (χ1v) is 7.29. The average molecular weight is 246 g/mol. The van der Waals surface area contributed by atoms with Crippen molar-refractivity contribution in [3.8, 4) is 5.75 Å². The standard InChI is InChI=1S/C16H27BO/c1-14(2)10-12-17(13-11-15(3)4)18-16-8-6-5-7-9-16/h5-9,14-15H,10-13H2,1-4H3. The van der Waals surface area contributed by atoms with Crippen LogP contribution >= 0.6 is 0 Å². The number of hydrogen-bond donors (Lipinski definition) is 0. The summed E-state index contributed by atoms with van der Waals surface area (Å²) in [4.78, 5) is 0. The molecular weight excluding hydrogens is 219 g/mol. The molecule has 0 aliphatic carbocycles. The van der Waals surface area contributed by atoms with Crippen molar-refractivity contribution in [2.75, 3.05) is 0 Å². The van der Waals surface area contributed by atoms with Crippen molar-refractivity contribution < 1.29 is 4.65 Å². The van der Waals surface area contributed by atoms with Gasteiger partial charge in [-0.3, -0.25) is 0 Å². The highest BCUT2D eigenvalue weighted by Crippen LogP contribution is 2.19. The molecule has 0 amide bonds. The van der Waals surface area contributed by atoms with Gasteiger partial charge in [0.2, 0.25) is 0 Å². The van der Waals surface area contributed by atoms with E-state index < -0.39 is 0 Å². The second-order valence-electron chi connectivity index (χ2n) is 6.00. The molecule has 0 saturated carbocycles. The van der Waals surface area contributed by atoms with E-state index in [2.05, 4.69) is 39.8 Å². The van der Waals surface area contributed by atoms with E-state index >= 15 is 0 Å². The van der Waals surface area contributed by atoms with Crippen LogP contribution in [0, 0.1) is 11.8 Å². The lowest BCUT2D eigenvalue weighted by Crippen LogP contribution is -2.22. The molecule has 0 fully saturated rings. The molecule has 100 valence electrons. The third-order valence-corrected chi connectivity index (χ3v) is 3.18. The van der Waals surface area contributed by atoms with Crippen LogP contribution in [0.5, 0.6) is 5.75 Å². The van der Waals surface area contributed by atoms with Gasteiger partial charge in [-0.1, -0.05) is 58.7 Å². The summed E-state index contributed by atoms with van der Waals surface area (Å²) in [5.74, 6) is 2.52. The molecule has 1 aromatic carbocycles. The van der Waals surface area contributed by atoms with Gasteiger partial charge in [0.15, 0.2) is 0 Å². The van der Waals surface area contributed by atoms with Crippen molar-refractivity contribution >= 4 is 6.92 Å². The molecule has 0 atom stereocenters. The fourth-order valence-electron chi connectivity index (χ4n) is 1.99. The summed E-state index contributed by atoms with van der Waals surface area (Å²) < 4.78 is 6.12. The van der Waals surface area contributed by atoms with E-state index in [0.717, 1.165) is 17.6 Å². The van der Waals surface area contributed by atoms with Crippen molar-refractivity contribution in [1.29, 1.82) is 0 Å². The number of benzene rings is 1. The molecule has 1 rings (SSSR count). The molecule has 1 aromatic rings. The summed E-state index contributed by atoms with van der Waals surface area (Å²) in [5, 5.41) is 0. The van der Waals surface area contributed by atoms with Crippen molar-refractivity contribution in [1.82, 2.24) is 0 Å². The fourth-order valence-corrected chi connectivity index (χ4v) is 1.99. The molecule has 18 heavy (non-hydrogen) atoms. The average Bonchev–Trinajstić information content (AvgIpc) is 2.33. The predicted octanol–water partition coefficient (Wildman–Crippen LogP) is 5.15. The van der Waals surface area contributed by atoms with Gasteiger partial charge in [-0.15, -0.1) is 0 Å². The third kappa shape index (κ3) is 6.73. The first kappa shape index (κ1) is 15.1. The first-order valence-electron chi connectivity index (χ1n) is 7.29. The zero-order valence-corrected chi connectivity index (χ0v) is 12.4. The smallest absolute Gasteiger partial charge is 0.357 e. The van der Waals surface area contributed by atoms with Crippen molar-refractivity contribution in [2.45, 2.75) is 53.2 Å². The van der Waals surface area contributed by atoms with Crippen LogP contribution in [-0.4, -0.2) is 6.92 Å². The lowest BCUT2D eigenvalue weighted by atomic mass is 9.58. The van der Waals surface area contributed by atoms with Crippen LogP contribution in [0.2, 0.25) is 12.6 Å². The Balaban J connectivity index is 2.48. The van der Waals surface area contributed by atoms with E-state index in [9.17, 15) is 0 Å². The molecule has 0 saturated heterocycles. The SMILES string of the molecule is CC(C)CCB(CCC(C)C)Oc1ccccc1. The Morgan fingerprint density at radius 3 is 1.83 bits per heavy atom. The lowest BCUT2D eigenvalue weighted by molar-refractivity contribution is 0.522. The molecule has 0 spiro atoms. The summed E-state index contributed by atoms with van der Waals surface area (Å²) in [6.07, 6.45) is 4.82. The normalized spacial score (nSPS) is 11.0. The highest BCUT2D eigenvalue weighted by atomic mass is 16.4. The van der Waals surface area contributed by atoms with Gasteiger partial charge in [-0.05, 0) is 36.6 Å².